The minimum atomic E-state index is -3.18. The highest BCUT2D eigenvalue weighted by molar-refractivity contribution is 9.10. The Morgan fingerprint density at radius 1 is 1.39 bits per heavy atom. The molecule has 0 fully saturated rings. The summed E-state index contributed by atoms with van der Waals surface area (Å²) in [5.74, 6) is 0.118. The number of nitrogens with zero attached hydrogens (tertiary/aromatic N) is 2. The average molecular weight is 332 g/mol. The van der Waals surface area contributed by atoms with Crippen LogP contribution in [-0.4, -0.2) is 24.8 Å². The SMILES string of the molecule is CS(=O)(=O)Cc1noc(-c2cc(N)cc(Br)c2)n1. The third kappa shape index (κ3) is 3.30. The minimum Gasteiger partial charge on any atom is -0.399 e. The highest BCUT2D eigenvalue weighted by atomic mass is 79.9. The summed E-state index contributed by atoms with van der Waals surface area (Å²) in [6.07, 6.45) is 1.11. The van der Waals surface area contributed by atoms with Gasteiger partial charge in [0.2, 0.25) is 0 Å². The summed E-state index contributed by atoms with van der Waals surface area (Å²) in [5.41, 5.74) is 6.87. The van der Waals surface area contributed by atoms with Gasteiger partial charge in [0.1, 0.15) is 5.75 Å². The topological polar surface area (TPSA) is 99.1 Å². The Bertz CT molecular complexity index is 661. The van der Waals surface area contributed by atoms with Gasteiger partial charge in [0.15, 0.2) is 15.7 Å². The second-order valence-corrected chi connectivity index (χ2v) is 6.91. The van der Waals surface area contributed by atoms with Gasteiger partial charge in [-0.15, -0.1) is 0 Å². The molecule has 0 aliphatic carbocycles. The van der Waals surface area contributed by atoms with Gasteiger partial charge in [0.25, 0.3) is 5.89 Å². The van der Waals surface area contributed by atoms with E-state index in [-0.39, 0.29) is 17.5 Å². The van der Waals surface area contributed by atoms with Crippen LogP contribution in [0.25, 0.3) is 11.5 Å². The smallest absolute Gasteiger partial charge is 0.258 e. The van der Waals surface area contributed by atoms with Gasteiger partial charge < -0.3 is 10.3 Å². The Morgan fingerprint density at radius 3 is 2.72 bits per heavy atom. The quantitative estimate of drug-likeness (QED) is 0.858. The molecule has 8 heteroatoms. The van der Waals surface area contributed by atoms with Gasteiger partial charge in [-0.05, 0) is 18.2 Å². The lowest BCUT2D eigenvalue weighted by Crippen LogP contribution is -2.02. The van der Waals surface area contributed by atoms with Crippen LogP contribution in [0.1, 0.15) is 5.82 Å². The molecule has 2 N–H and O–H groups in total. The van der Waals surface area contributed by atoms with E-state index in [1.807, 2.05) is 0 Å². The van der Waals surface area contributed by atoms with Crippen LogP contribution in [0.5, 0.6) is 0 Å². The molecule has 0 unspecified atom stereocenters. The van der Waals surface area contributed by atoms with Crippen molar-refractivity contribution in [2.45, 2.75) is 5.75 Å². The molecular formula is C10H10BrN3O3S. The van der Waals surface area contributed by atoms with Gasteiger partial charge in [-0.1, -0.05) is 21.1 Å². The monoisotopic (exact) mass is 331 g/mol. The van der Waals surface area contributed by atoms with E-state index in [1.165, 1.54) is 0 Å². The molecule has 0 spiro atoms. The van der Waals surface area contributed by atoms with Gasteiger partial charge in [0.05, 0.1) is 0 Å². The molecule has 0 bridgehead atoms. The van der Waals surface area contributed by atoms with Crippen molar-refractivity contribution < 1.29 is 12.9 Å². The van der Waals surface area contributed by atoms with Crippen molar-refractivity contribution in [3.8, 4) is 11.5 Å². The highest BCUT2D eigenvalue weighted by Crippen LogP contribution is 2.25. The molecule has 6 nitrogen and oxygen atoms in total. The number of benzene rings is 1. The fraction of sp³-hybridized carbons (Fsp3) is 0.200. The maximum Gasteiger partial charge on any atom is 0.258 e. The van der Waals surface area contributed by atoms with Crippen LogP contribution < -0.4 is 5.73 Å². The van der Waals surface area contributed by atoms with E-state index in [2.05, 4.69) is 26.1 Å². The summed E-state index contributed by atoms with van der Waals surface area (Å²) in [7, 11) is -3.18. The van der Waals surface area contributed by atoms with Crippen molar-refractivity contribution in [2.24, 2.45) is 0 Å². The normalized spacial score (nSPS) is 11.7. The summed E-state index contributed by atoms with van der Waals surface area (Å²) >= 11 is 3.30. The molecule has 1 aromatic carbocycles. The van der Waals surface area contributed by atoms with Crippen molar-refractivity contribution in [3.63, 3.8) is 0 Å². The Balaban J connectivity index is 2.35. The first-order valence-electron chi connectivity index (χ1n) is 4.90. The maximum atomic E-state index is 11.1. The second kappa shape index (κ2) is 4.69. The van der Waals surface area contributed by atoms with Gasteiger partial charge >= 0.3 is 0 Å². The largest absolute Gasteiger partial charge is 0.399 e. The van der Waals surface area contributed by atoms with Crippen LogP contribution in [0.2, 0.25) is 0 Å². The maximum absolute atomic E-state index is 11.1. The van der Waals surface area contributed by atoms with E-state index in [4.69, 9.17) is 10.3 Å². The first kappa shape index (κ1) is 13.0. The summed E-state index contributed by atoms with van der Waals surface area (Å²) in [6, 6.07) is 5.16. The molecule has 0 aliphatic heterocycles. The lowest BCUT2D eigenvalue weighted by atomic mass is 10.2. The predicted octanol–water partition coefficient (Wildman–Crippen LogP) is 1.63. The fourth-order valence-electron chi connectivity index (χ4n) is 1.40. The van der Waals surface area contributed by atoms with E-state index in [9.17, 15) is 8.42 Å². The number of nitrogens with two attached hydrogens (primary N) is 1. The van der Waals surface area contributed by atoms with E-state index in [0.717, 1.165) is 10.7 Å². The lowest BCUT2D eigenvalue weighted by molar-refractivity contribution is 0.424. The van der Waals surface area contributed by atoms with Crippen LogP contribution in [0, 0.1) is 0 Å². The molecule has 1 heterocycles. The molecule has 0 saturated carbocycles. The number of halogens is 1. The van der Waals surface area contributed by atoms with E-state index in [1.54, 1.807) is 18.2 Å². The van der Waals surface area contributed by atoms with Crippen LogP contribution in [0.4, 0.5) is 5.69 Å². The van der Waals surface area contributed by atoms with Crippen molar-refractivity contribution in [2.75, 3.05) is 12.0 Å². The predicted molar refractivity (Wildman–Crippen MR) is 70.4 cm³/mol. The molecule has 18 heavy (non-hydrogen) atoms. The summed E-state index contributed by atoms with van der Waals surface area (Å²) in [5, 5.41) is 3.62. The number of aromatic nitrogens is 2. The second-order valence-electron chi connectivity index (χ2n) is 3.86. The molecule has 0 radical (unpaired) electrons. The number of rotatable bonds is 3. The minimum absolute atomic E-state index is 0.131. The number of nitrogen functional groups attached to an aromatic ring is 1. The Hall–Kier alpha value is -1.41. The van der Waals surface area contributed by atoms with Crippen molar-refractivity contribution in [1.82, 2.24) is 10.1 Å². The van der Waals surface area contributed by atoms with Crippen LogP contribution in [0.15, 0.2) is 27.2 Å². The zero-order valence-electron chi connectivity index (χ0n) is 9.42. The Morgan fingerprint density at radius 2 is 2.11 bits per heavy atom. The standard InChI is InChI=1S/C10H10BrN3O3S/c1-18(15,16)5-9-13-10(17-14-9)6-2-7(11)4-8(12)3-6/h2-4H,5,12H2,1H3. The van der Waals surface area contributed by atoms with E-state index >= 15 is 0 Å². The molecule has 2 aromatic rings. The molecule has 2 rings (SSSR count). The molecule has 0 saturated heterocycles. The Labute approximate surface area is 112 Å². The van der Waals surface area contributed by atoms with Crippen LogP contribution in [0.3, 0.4) is 0 Å². The van der Waals surface area contributed by atoms with Crippen molar-refractivity contribution in [3.05, 3.63) is 28.5 Å². The van der Waals surface area contributed by atoms with Gasteiger partial charge in [0, 0.05) is 22.0 Å². The third-order valence-electron chi connectivity index (χ3n) is 2.03. The first-order chi connectivity index (χ1) is 8.33. The van der Waals surface area contributed by atoms with Gasteiger partial charge in [-0.25, -0.2) is 8.42 Å². The molecule has 0 amide bonds. The van der Waals surface area contributed by atoms with E-state index in [0.29, 0.717) is 11.3 Å². The van der Waals surface area contributed by atoms with Gasteiger partial charge in [-0.2, -0.15) is 4.98 Å². The molecule has 0 atom stereocenters. The zero-order valence-corrected chi connectivity index (χ0v) is 11.8. The van der Waals surface area contributed by atoms with Crippen LogP contribution in [-0.2, 0) is 15.6 Å². The molecule has 96 valence electrons. The number of hydrogen-bond donors (Lipinski definition) is 1. The average Bonchev–Trinajstić information content (AvgIpc) is 2.61. The molecule has 1 aromatic heterocycles. The number of sulfone groups is 1. The van der Waals surface area contributed by atoms with Crippen LogP contribution >= 0.6 is 15.9 Å². The zero-order chi connectivity index (χ0) is 13.3. The third-order valence-corrected chi connectivity index (χ3v) is 3.27. The first-order valence-corrected chi connectivity index (χ1v) is 7.75. The number of hydrogen-bond acceptors (Lipinski definition) is 6. The van der Waals surface area contributed by atoms with E-state index < -0.39 is 9.84 Å². The van der Waals surface area contributed by atoms with Crippen molar-refractivity contribution in [1.29, 1.82) is 0 Å². The lowest BCUT2D eigenvalue weighted by Gasteiger charge is -1.98. The highest BCUT2D eigenvalue weighted by Gasteiger charge is 2.14. The summed E-state index contributed by atoms with van der Waals surface area (Å²) in [4.78, 5) is 4.01. The van der Waals surface area contributed by atoms with Crippen molar-refractivity contribution >= 4 is 31.5 Å². The summed E-state index contributed by atoms with van der Waals surface area (Å²) < 4.78 is 28.0. The Kier molecular flexibility index (Phi) is 3.40. The fourth-order valence-corrected chi connectivity index (χ4v) is 2.50. The number of anilines is 1. The summed E-state index contributed by atoms with van der Waals surface area (Å²) in [6.45, 7) is 0. The molecule has 0 aliphatic rings. The van der Waals surface area contributed by atoms with Gasteiger partial charge in [-0.3, -0.25) is 0 Å². The molecular weight excluding hydrogens is 322 g/mol.